The summed E-state index contributed by atoms with van der Waals surface area (Å²) in [6.45, 7) is 4.56. The first-order valence-corrected chi connectivity index (χ1v) is 9.64. The summed E-state index contributed by atoms with van der Waals surface area (Å²) in [7, 11) is 0. The number of nitrogens with zero attached hydrogens (tertiary/aromatic N) is 4. The number of rotatable bonds is 5. The Balaban J connectivity index is 1.50. The molecule has 0 radical (unpaired) electrons. The van der Waals surface area contributed by atoms with E-state index in [-0.39, 0.29) is 36.5 Å². The zero-order valence-corrected chi connectivity index (χ0v) is 16.4. The highest BCUT2D eigenvalue weighted by Gasteiger charge is 2.35. The van der Waals surface area contributed by atoms with Gasteiger partial charge in [-0.2, -0.15) is 5.10 Å². The quantitative estimate of drug-likeness (QED) is 0.838. The smallest absolute Gasteiger partial charge is 0.257 e. The number of carbonyl (C=O) groups is 2. The molecular weight excluding hydrogens is 375 g/mol. The van der Waals surface area contributed by atoms with Crippen LogP contribution in [0.2, 0.25) is 0 Å². The van der Waals surface area contributed by atoms with Gasteiger partial charge in [-0.05, 0) is 25.5 Å². The van der Waals surface area contributed by atoms with Crippen LogP contribution in [-0.4, -0.2) is 55.6 Å². The zero-order valence-electron chi connectivity index (χ0n) is 16.4. The lowest BCUT2D eigenvalue weighted by atomic mass is 10.1. The minimum atomic E-state index is -1.11. The highest BCUT2D eigenvalue weighted by molar-refractivity contribution is 5.99. The van der Waals surface area contributed by atoms with Crippen LogP contribution in [0.1, 0.15) is 52.0 Å². The molecule has 1 aromatic carbocycles. The van der Waals surface area contributed by atoms with E-state index in [1.165, 1.54) is 9.58 Å². The van der Waals surface area contributed by atoms with E-state index in [9.17, 15) is 19.1 Å². The second-order valence-corrected chi connectivity index (χ2v) is 7.69. The van der Waals surface area contributed by atoms with Crippen molar-refractivity contribution in [3.8, 4) is 0 Å². The lowest BCUT2D eigenvalue weighted by molar-refractivity contribution is 0.0214. The Labute approximate surface area is 168 Å². The number of aromatic nitrogens is 2. The summed E-state index contributed by atoms with van der Waals surface area (Å²) in [5.41, 5.74) is 2.46. The first kappa shape index (κ1) is 19.3. The van der Waals surface area contributed by atoms with Crippen molar-refractivity contribution in [1.82, 2.24) is 19.6 Å². The molecule has 7 nitrogen and oxygen atoms in total. The summed E-state index contributed by atoms with van der Waals surface area (Å²) < 4.78 is 15.1. The average Bonchev–Trinajstić information content (AvgIpc) is 3.22. The van der Waals surface area contributed by atoms with Crippen LogP contribution < -0.4 is 0 Å². The van der Waals surface area contributed by atoms with Gasteiger partial charge in [0.2, 0.25) is 0 Å². The Morgan fingerprint density at radius 2 is 2.00 bits per heavy atom. The molecule has 0 spiro atoms. The molecule has 2 amide bonds. The molecule has 1 unspecified atom stereocenters. The van der Waals surface area contributed by atoms with Gasteiger partial charge in [0.1, 0.15) is 0 Å². The molecule has 0 aliphatic carbocycles. The highest BCUT2D eigenvalue weighted by atomic mass is 19.1. The predicted octanol–water partition coefficient (Wildman–Crippen LogP) is 2.29. The van der Waals surface area contributed by atoms with E-state index in [4.69, 9.17) is 0 Å². The van der Waals surface area contributed by atoms with Crippen molar-refractivity contribution in [2.75, 3.05) is 13.1 Å². The van der Waals surface area contributed by atoms with E-state index < -0.39 is 6.23 Å². The maximum Gasteiger partial charge on any atom is 0.257 e. The van der Waals surface area contributed by atoms with Crippen LogP contribution in [0.4, 0.5) is 4.39 Å². The Hall–Kier alpha value is -3.00. The fourth-order valence-electron chi connectivity index (χ4n) is 3.94. The van der Waals surface area contributed by atoms with Crippen LogP contribution in [-0.2, 0) is 13.0 Å². The normalized spacial score (nSPS) is 19.2. The molecular formula is C21H23FN4O3. The number of benzene rings is 1. The van der Waals surface area contributed by atoms with E-state index in [1.807, 2.05) is 13.8 Å². The maximum absolute atomic E-state index is 13.6. The first-order valence-electron chi connectivity index (χ1n) is 9.64. The van der Waals surface area contributed by atoms with Crippen LogP contribution in [0.5, 0.6) is 0 Å². The summed E-state index contributed by atoms with van der Waals surface area (Å²) in [6.07, 6.45) is 1.61. The zero-order chi connectivity index (χ0) is 20.7. The minimum Gasteiger partial charge on any atom is -0.369 e. The standard InChI is InChI=1S/C21H23FN4O3/c1-13(2)25-8-7-18-17(21(25)29)12-24(23-18)10-14(9-22)11-26-19(27)15-5-3-4-6-16(15)20(26)28/h3-6,9,12-13,19,27H,7-8,10-11H2,1-2H3/b14-9-. The van der Waals surface area contributed by atoms with Gasteiger partial charge in [0.25, 0.3) is 11.8 Å². The van der Waals surface area contributed by atoms with Gasteiger partial charge in [-0.25, -0.2) is 4.39 Å². The molecule has 1 atom stereocenters. The molecule has 0 saturated carbocycles. The topological polar surface area (TPSA) is 78.7 Å². The van der Waals surface area contributed by atoms with Gasteiger partial charge in [0, 0.05) is 42.9 Å². The molecule has 1 aromatic heterocycles. The minimum absolute atomic E-state index is 0.0677. The number of fused-ring (bicyclic) bond motifs is 2. The lowest BCUT2D eigenvalue weighted by Gasteiger charge is -2.29. The second-order valence-electron chi connectivity index (χ2n) is 7.69. The summed E-state index contributed by atoms with van der Waals surface area (Å²) in [5.74, 6) is -0.408. The summed E-state index contributed by atoms with van der Waals surface area (Å²) in [5, 5.41) is 14.9. The van der Waals surface area contributed by atoms with Crippen molar-refractivity contribution in [1.29, 1.82) is 0 Å². The third-order valence-corrected chi connectivity index (χ3v) is 5.46. The monoisotopic (exact) mass is 398 g/mol. The van der Waals surface area contributed by atoms with E-state index in [0.717, 1.165) is 0 Å². The fourth-order valence-corrected chi connectivity index (χ4v) is 3.94. The molecule has 0 fully saturated rings. The van der Waals surface area contributed by atoms with Crippen LogP contribution in [0.15, 0.2) is 42.4 Å². The third kappa shape index (κ3) is 3.33. The van der Waals surface area contributed by atoms with Gasteiger partial charge in [-0.15, -0.1) is 0 Å². The molecule has 152 valence electrons. The van der Waals surface area contributed by atoms with Crippen molar-refractivity contribution < 1.29 is 19.1 Å². The number of aliphatic hydroxyl groups is 1. The van der Waals surface area contributed by atoms with Crippen molar-refractivity contribution in [2.45, 2.75) is 39.1 Å². The van der Waals surface area contributed by atoms with Crippen molar-refractivity contribution in [3.63, 3.8) is 0 Å². The molecule has 2 aliphatic rings. The van der Waals surface area contributed by atoms with Crippen molar-refractivity contribution >= 4 is 11.8 Å². The lowest BCUT2D eigenvalue weighted by Crippen LogP contribution is -2.41. The molecule has 8 heteroatoms. The van der Waals surface area contributed by atoms with Gasteiger partial charge >= 0.3 is 0 Å². The van der Waals surface area contributed by atoms with Crippen molar-refractivity contribution in [3.05, 3.63) is 64.7 Å². The molecule has 3 heterocycles. The number of aliphatic hydroxyl groups excluding tert-OH is 1. The Morgan fingerprint density at radius 3 is 2.69 bits per heavy atom. The molecule has 4 rings (SSSR count). The Kier molecular flexibility index (Phi) is 4.96. The second kappa shape index (κ2) is 7.44. The van der Waals surface area contributed by atoms with Gasteiger partial charge in [0.15, 0.2) is 6.23 Å². The molecule has 2 aliphatic heterocycles. The Bertz CT molecular complexity index is 998. The molecule has 2 aromatic rings. The van der Waals surface area contributed by atoms with Gasteiger partial charge in [-0.1, -0.05) is 18.2 Å². The van der Waals surface area contributed by atoms with E-state index in [1.54, 1.807) is 35.4 Å². The Morgan fingerprint density at radius 1 is 1.24 bits per heavy atom. The molecule has 0 saturated heterocycles. The van der Waals surface area contributed by atoms with E-state index in [0.29, 0.717) is 41.7 Å². The third-order valence-electron chi connectivity index (χ3n) is 5.46. The summed E-state index contributed by atoms with van der Waals surface area (Å²) in [6, 6.07) is 6.91. The SMILES string of the molecule is CC(C)N1CCc2nn(C/C(=C/F)CN3C(=O)c4ccccc4C3O)cc2C1=O. The van der Waals surface area contributed by atoms with E-state index in [2.05, 4.69) is 5.10 Å². The van der Waals surface area contributed by atoms with Crippen molar-refractivity contribution in [2.24, 2.45) is 0 Å². The largest absolute Gasteiger partial charge is 0.369 e. The van der Waals surface area contributed by atoms with Crippen LogP contribution >= 0.6 is 0 Å². The summed E-state index contributed by atoms with van der Waals surface area (Å²) >= 11 is 0. The van der Waals surface area contributed by atoms with Gasteiger partial charge < -0.3 is 14.9 Å². The summed E-state index contributed by atoms with van der Waals surface area (Å²) in [4.78, 5) is 28.2. The molecule has 1 N–H and O–H groups in total. The highest BCUT2D eigenvalue weighted by Crippen LogP contribution is 2.32. The molecule has 0 bridgehead atoms. The van der Waals surface area contributed by atoms with E-state index >= 15 is 0 Å². The first-order chi connectivity index (χ1) is 13.9. The number of carbonyl (C=O) groups excluding carboxylic acids is 2. The van der Waals surface area contributed by atoms with Crippen LogP contribution in [0, 0.1) is 0 Å². The van der Waals surface area contributed by atoms with Crippen LogP contribution in [0.3, 0.4) is 0 Å². The van der Waals surface area contributed by atoms with Gasteiger partial charge in [0.05, 0.1) is 24.1 Å². The number of halogens is 1. The van der Waals surface area contributed by atoms with Gasteiger partial charge in [-0.3, -0.25) is 14.3 Å². The predicted molar refractivity (Wildman–Crippen MR) is 104 cm³/mol. The average molecular weight is 398 g/mol. The number of hydrogen-bond acceptors (Lipinski definition) is 4. The number of hydrogen-bond donors (Lipinski definition) is 1. The maximum atomic E-state index is 13.6. The van der Waals surface area contributed by atoms with Crippen LogP contribution in [0.25, 0.3) is 0 Å². The number of amides is 2. The fraction of sp³-hybridized carbons (Fsp3) is 0.381. The molecule has 29 heavy (non-hydrogen) atoms.